The topological polar surface area (TPSA) is 78.9 Å². The summed E-state index contributed by atoms with van der Waals surface area (Å²) in [6.45, 7) is 6.35. The zero-order valence-corrected chi connectivity index (χ0v) is 51.3. The van der Waals surface area contributed by atoms with Gasteiger partial charge in [0.1, 0.15) is 13.2 Å². The van der Waals surface area contributed by atoms with Gasteiger partial charge in [0.2, 0.25) is 0 Å². The summed E-state index contributed by atoms with van der Waals surface area (Å²) < 4.78 is 16.8. The van der Waals surface area contributed by atoms with Crippen LogP contribution in [-0.2, 0) is 28.6 Å². The van der Waals surface area contributed by atoms with Gasteiger partial charge >= 0.3 is 17.9 Å². The highest BCUT2D eigenvalue weighted by Gasteiger charge is 2.19. The highest BCUT2D eigenvalue weighted by molar-refractivity contribution is 5.71. The first kappa shape index (κ1) is 74.5. The second kappa shape index (κ2) is 66.1. The minimum atomic E-state index is -0.814. The largest absolute Gasteiger partial charge is 0.462 e. The van der Waals surface area contributed by atoms with Crippen LogP contribution in [0.25, 0.3) is 0 Å². The number of carbonyl (C=O) groups excluding carboxylic acids is 3. The van der Waals surface area contributed by atoms with Gasteiger partial charge in [-0.3, -0.25) is 14.4 Å². The summed E-state index contributed by atoms with van der Waals surface area (Å²) in [7, 11) is 0. The van der Waals surface area contributed by atoms with E-state index in [1.165, 1.54) is 141 Å². The van der Waals surface area contributed by atoms with Gasteiger partial charge in [0.15, 0.2) is 6.10 Å². The molecule has 79 heavy (non-hydrogen) atoms. The maximum atomic E-state index is 12.9. The van der Waals surface area contributed by atoms with E-state index in [0.29, 0.717) is 19.3 Å². The van der Waals surface area contributed by atoms with E-state index >= 15 is 0 Å². The van der Waals surface area contributed by atoms with Crippen molar-refractivity contribution < 1.29 is 28.6 Å². The fourth-order valence-corrected chi connectivity index (χ4v) is 8.81. The molecule has 0 radical (unpaired) electrons. The zero-order chi connectivity index (χ0) is 57.1. The molecule has 0 amide bonds. The maximum absolute atomic E-state index is 12.9. The first-order valence-electron chi connectivity index (χ1n) is 32.7. The molecule has 0 saturated carbocycles. The molecule has 0 N–H and O–H groups in total. The molecule has 448 valence electrons. The van der Waals surface area contributed by atoms with Crippen molar-refractivity contribution in [2.45, 2.75) is 297 Å². The van der Waals surface area contributed by atoms with Gasteiger partial charge in [-0.05, 0) is 122 Å². The van der Waals surface area contributed by atoms with Crippen molar-refractivity contribution in [1.29, 1.82) is 0 Å². The van der Waals surface area contributed by atoms with Crippen molar-refractivity contribution in [3.63, 3.8) is 0 Å². The van der Waals surface area contributed by atoms with E-state index in [1.807, 2.05) is 6.08 Å². The molecule has 0 saturated heterocycles. The van der Waals surface area contributed by atoms with E-state index in [2.05, 4.69) is 148 Å². The lowest BCUT2D eigenvalue weighted by Gasteiger charge is -2.18. The quantitative estimate of drug-likeness (QED) is 0.0261. The Morgan fingerprint density at radius 3 is 0.861 bits per heavy atom. The second-order valence-corrected chi connectivity index (χ2v) is 21.3. The molecule has 0 fully saturated rings. The van der Waals surface area contributed by atoms with Gasteiger partial charge in [-0.1, -0.05) is 283 Å². The lowest BCUT2D eigenvalue weighted by Crippen LogP contribution is -2.30. The third kappa shape index (κ3) is 64.3. The van der Waals surface area contributed by atoms with Crippen molar-refractivity contribution in [3.05, 3.63) is 134 Å². The predicted molar refractivity (Wildman–Crippen MR) is 343 cm³/mol. The van der Waals surface area contributed by atoms with Crippen LogP contribution in [0.15, 0.2) is 134 Å². The fourth-order valence-electron chi connectivity index (χ4n) is 8.81. The van der Waals surface area contributed by atoms with E-state index in [4.69, 9.17) is 14.2 Å². The van der Waals surface area contributed by atoms with Crippen LogP contribution < -0.4 is 0 Å². The molecule has 0 aliphatic heterocycles. The number of unbranched alkanes of at least 4 members (excludes halogenated alkanes) is 25. The van der Waals surface area contributed by atoms with Gasteiger partial charge in [-0.2, -0.15) is 0 Å². The number of rotatable bonds is 58. The van der Waals surface area contributed by atoms with Gasteiger partial charge in [0, 0.05) is 19.3 Å². The fraction of sp³-hybridized carbons (Fsp3) is 0.658. The van der Waals surface area contributed by atoms with Gasteiger partial charge in [0.05, 0.1) is 0 Å². The Labute approximate surface area is 487 Å². The van der Waals surface area contributed by atoms with Crippen molar-refractivity contribution in [2.75, 3.05) is 13.2 Å². The lowest BCUT2D eigenvalue weighted by atomic mass is 10.0. The van der Waals surface area contributed by atoms with Gasteiger partial charge in [-0.15, -0.1) is 0 Å². The lowest BCUT2D eigenvalue weighted by molar-refractivity contribution is -0.166. The molecule has 0 aromatic rings. The van der Waals surface area contributed by atoms with Crippen molar-refractivity contribution in [3.8, 4) is 0 Å². The smallest absolute Gasteiger partial charge is 0.306 e. The molecular formula is C73H120O6. The first-order chi connectivity index (χ1) is 39.0. The van der Waals surface area contributed by atoms with Gasteiger partial charge in [0.25, 0.3) is 0 Å². The van der Waals surface area contributed by atoms with Gasteiger partial charge < -0.3 is 14.2 Å². The van der Waals surface area contributed by atoms with E-state index < -0.39 is 6.10 Å². The molecule has 0 aromatic carbocycles. The number of esters is 3. The third-order valence-corrected chi connectivity index (χ3v) is 13.6. The summed E-state index contributed by atoms with van der Waals surface area (Å²) in [5.41, 5.74) is 0. The maximum Gasteiger partial charge on any atom is 0.306 e. The Hall–Kier alpha value is -4.45. The standard InChI is InChI=1S/C73H120O6/c1-4-7-10-13-16-19-22-25-27-29-30-31-32-33-34-35-36-37-38-39-40-41-42-44-45-48-51-54-57-60-63-66-72(75)78-69-70(68-77-71(74)65-62-59-56-53-50-47-24-21-18-15-12-9-6-3)79-73(76)67-64-61-58-55-52-49-46-43-28-26-23-20-17-14-11-8-5-2/h7,9-10,12,16,18-19,21,25-28,30-31,33-34,36-37,47,50,56,59,70H,4-6,8,11,13-15,17,20,22-24,29,32,35,38-46,48-49,51-55,57-58,60-69H2,1-3H3/b10-7-,12-9-,19-16-,21-18-,27-25-,28-26-,31-30-,34-33-,37-36-,50-47-,59-56-. The Balaban J connectivity index is 4.30. The summed E-state index contributed by atoms with van der Waals surface area (Å²) in [6, 6.07) is 0. The van der Waals surface area contributed by atoms with E-state index in [-0.39, 0.29) is 37.5 Å². The molecule has 0 rings (SSSR count). The number of hydrogen-bond acceptors (Lipinski definition) is 6. The summed E-state index contributed by atoms with van der Waals surface area (Å²) in [6.07, 6.45) is 93.4. The monoisotopic (exact) mass is 1090 g/mol. The molecular weight excluding hydrogens is 973 g/mol. The van der Waals surface area contributed by atoms with Crippen LogP contribution in [0.4, 0.5) is 0 Å². The van der Waals surface area contributed by atoms with Crippen LogP contribution in [0.1, 0.15) is 290 Å². The SMILES string of the molecule is CC/C=C\C/C=C\C/C=C\C/C=C\C/C=C\C/C=C\CCCCCCCCCCCCCCC(=O)OCC(COC(=O)CC/C=C\C/C=C\C/C=C\C/C=C\CC)OC(=O)CCCCCCCCC/C=C\CCCCCCCC. The van der Waals surface area contributed by atoms with Crippen LogP contribution in [0, 0.1) is 0 Å². The Bertz CT molecular complexity index is 1680. The molecule has 1 unspecified atom stereocenters. The summed E-state index contributed by atoms with van der Waals surface area (Å²) in [5.74, 6) is -0.993. The molecule has 0 heterocycles. The summed E-state index contributed by atoms with van der Waals surface area (Å²) in [5, 5.41) is 0. The van der Waals surface area contributed by atoms with Gasteiger partial charge in [-0.25, -0.2) is 0 Å². The average molecular weight is 1090 g/mol. The van der Waals surface area contributed by atoms with Crippen LogP contribution in [0.5, 0.6) is 0 Å². The molecule has 0 aliphatic carbocycles. The average Bonchev–Trinajstić information content (AvgIpc) is 3.45. The normalized spacial score (nSPS) is 13.0. The van der Waals surface area contributed by atoms with Crippen LogP contribution in [-0.4, -0.2) is 37.2 Å². The summed E-state index contributed by atoms with van der Waals surface area (Å²) in [4.78, 5) is 38.2. The van der Waals surface area contributed by atoms with Crippen LogP contribution in [0.3, 0.4) is 0 Å². The van der Waals surface area contributed by atoms with Crippen LogP contribution in [0.2, 0.25) is 0 Å². The molecule has 0 bridgehead atoms. The number of allylic oxidation sites excluding steroid dienone is 22. The third-order valence-electron chi connectivity index (χ3n) is 13.6. The molecule has 0 aliphatic rings. The summed E-state index contributed by atoms with van der Waals surface area (Å²) >= 11 is 0. The molecule has 6 nitrogen and oxygen atoms in total. The molecule has 0 aromatic heterocycles. The highest BCUT2D eigenvalue weighted by Crippen LogP contribution is 2.16. The van der Waals surface area contributed by atoms with Crippen molar-refractivity contribution in [2.24, 2.45) is 0 Å². The zero-order valence-electron chi connectivity index (χ0n) is 51.3. The first-order valence-corrected chi connectivity index (χ1v) is 32.7. The number of hydrogen-bond donors (Lipinski definition) is 0. The number of carbonyl (C=O) groups is 3. The molecule has 0 spiro atoms. The Morgan fingerprint density at radius 1 is 0.266 bits per heavy atom. The minimum absolute atomic E-state index is 0.105. The minimum Gasteiger partial charge on any atom is -0.462 e. The molecule has 1 atom stereocenters. The highest BCUT2D eigenvalue weighted by atomic mass is 16.6. The van der Waals surface area contributed by atoms with Crippen molar-refractivity contribution >= 4 is 17.9 Å². The second-order valence-electron chi connectivity index (χ2n) is 21.3. The Kier molecular flexibility index (Phi) is 62.3. The number of ether oxygens (including phenoxy) is 3. The van der Waals surface area contributed by atoms with E-state index in [1.54, 1.807) is 0 Å². The van der Waals surface area contributed by atoms with E-state index in [9.17, 15) is 14.4 Å². The molecule has 6 heteroatoms. The predicted octanol–water partition coefficient (Wildman–Crippen LogP) is 22.5. The van der Waals surface area contributed by atoms with Crippen molar-refractivity contribution in [1.82, 2.24) is 0 Å². The van der Waals surface area contributed by atoms with E-state index in [0.717, 1.165) is 103 Å². The van der Waals surface area contributed by atoms with Crippen LogP contribution >= 0.6 is 0 Å². The Morgan fingerprint density at radius 2 is 0.519 bits per heavy atom.